The molecule has 1 aromatic rings. The number of hydrogen-bond donors (Lipinski definition) is 1. The van der Waals surface area contributed by atoms with Gasteiger partial charge in [0.1, 0.15) is 22.9 Å². The standard InChI is InChI=1S/C17H18N2O5S/c1-10-9-25-16-13(15(21)19(16)14(10)17(22)23-2)18-12(20)8-24-11-6-4-3-5-7-11/h3-7,13,16H,8-9H2,1-2H3,(H,18,20)/t13-,16-/m1/s1. The molecule has 7 nitrogen and oxygen atoms in total. The first kappa shape index (κ1) is 17.3. The molecule has 0 saturated carbocycles. The molecule has 1 N–H and O–H groups in total. The van der Waals surface area contributed by atoms with Crippen molar-refractivity contribution in [3.8, 4) is 5.75 Å². The van der Waals surface area contributed by atoms with Gasteiger partial charge in [0, 0.05) is 5.75 Å². The molecule has 1 aromatic carbocycles. The highest BCUT2D eigenvalue weighted by molar-refractivity contribution is 8.00. The molecule has 0 unspecified atom stereocenters. The highest BCUT2D eigenvalue weighted by Crippen LogP contribution is 2.40. The van der Waals surface area contributed by atoms with E-state index in [1.165, 1.54) is 23.8 Å². The van der Waals surface area contributed by atoms with E-state index in [-0.39, 0.29) is 29.5 Å². The number of nitrogens with zero attached hydrogens (tertiary/aromatic N) is 1. The molecule has 2 aliphatic rings. The molecule has 0 bridgehead atoms. The first-order valence-electron chi connectivity index (χ1n) is 7.73. The number of nitrogens with one attached hydrogen (secondary N) is 1. The third-order valence-electron chi connectivity index (χ3n) is 3.97. The molecule has 132 valence electrons. The van der Waals surface area contributed by atoms with Crippen LogP contribution in [0.5, 0.6) is 5.75 Å². The zero-order chi connectivity index (χ0) is 18.0. The Morgan fingerprint density at radius 2 is 2.04 bits per heavy atom. The van der Waals surface area contributed by atoms with Crippen LogP contribution in [0, 0.1) is 0 Å². The number of thioether (sulfide) groups is 1. The minimum atomic E-state index is -0.662. The second kappa shape index (κ2) is 7.18. The van der Waals surface area contributed by atoms with Crippen molar-refractivity contribution >= 4 is 29.5 Å². The van der Waals surface area contributed by atoms with E-state index >= 15 is 0 Å². The Morgan fingerprint density at radius 1 is 1.32 bits per heavy atom. The van der Waals surface area contributed by atoms with E-state index in [0.717, 1.165) is 5.57 Å². The molecule has 0 spiro atoms. The van der Waals surface area contributed by atoms with Crippen molar-refractivity contribution in [1.82, 2.24) is 10.2 Å². The van der Waals surface area contributed by atoms with E-state index in [2.05, 4.69) is 5.32 Å². The van der Waals surface area contributed by atoms with Gasteiger partial charge >= 0.3 is 5.97 Å². The number of amides is 2. The Labute approximate surface area is 149 Å². The summed E-state index contributed by atoms with van der Waals surface area (Å²) in [5, 5.41) is 2.38. The van der Waals surface area contributed by atoms with Gasteiger partial charge in [0.05, 0.1) is 7.11 Å². The minimum absolute atomic E-state index is 0.177. The lowest BCUT2D eigenvalue weighted by atomic mass is 10.0. The van der Waals surface area contributed by atoms with Crippen LogP contribution >= 0.6 is 11.8 Å². The summed E-state index contributed by atoms with van der Waals surface area (Å²) >= 11 is 1.50. The van der Waals surface area contributed by atoms with Gasteiger partial charge < -0.3 is 14.8 Å². The summed E-state index contributed by atoms with van der Waals surface area (Å²) < 4.78 is 10.1. The third-order valence-corrected chi connectivity index (χ3v) is 5.39. The van der Waals surface area contributed by atoms with E-state index in [1.54, 1.807) is 19.1 Å². The van der Waals surface area contributed by atoms with Crippen LogP contribution in [0.2, 0.25) is 0 Å². The Hall–Kier alpha value is -2.48. The Kier molecular flexibility index (Phi) is 4.98. The van der Waals surface area contributed by atoms with E-state index in [4.69, 9.17) is 9.47 Å². The summed E-state index contributed by atoms with van der Waals surface area (Å²) in [6.45, 7) is 1.62. The van der Waals surface area contributed by atoms with Gasteiger partial charge in [0.15, 0.2) is 6.61 Å². The van der Waals surface area contributed by atoms with Crippen LogP contribution in [-0.2, 0) is 19.1 Å². The molecule has 2 heterocycles. The van der Waals surface area contributed by atoms with E-state index in [9.17, 15) is 14.4 Å². The lowest BCUT2D eigenvalue weighted by molar-refractivity contribution is -0.152. The number of ether oxygens (including phenoxy) is 2. The molecule has 0 aliphatic carbocycles. The monoisotopic (exact) mass is 362 g/mol. The fraction of sp³-hybridized carbons (Fsp3) is 0.353. The minimum Gasteiger partial charge on any atom is -0.484 e. The normalized spacial score (nSPS) is 22.0. The summed E-state index contributed by atoms with van der Waals surface area (Å²) in [6.07, 6.45) is 0. The zero-order valence-electron chi connectivity index (χ0n) is 13.9. The summed E-state index contributed by atoms with van der Waals surface area (Å²) in [6, 6.07) is 8.30. The quantitative estimate of drug-likeness (QED) is 0.619. The van der Waals surface area contributed by atoms with Gasteiger partial charge in [-0.15, -0.1) is 11.8 Å². The van der Waals surface area contributed by atoms with Crippen LogP contribution in [0.3, 0.4) is 0 Å². The molecule has 2 aliphatic heterocycles. The SMILES string of the molecule is COC(=O)C1=C(C)CS[C@@H]2[C@H](NC(=O)COc3ccccc3)C(=O)N12. The Bertz CT molecular complexity index is 734. The van der Waals surface area contributed by atoms with Crippen molar-refractivity contribution in [3.63, 3.8) is 0 Å². The van der Waals surface area contributed by atoms with Crippen LogP contribution in [0.1, 0.15) is 6.92 Å². The lowest BCUT2D eigenvalue weighted by Crippen LogP contribution is -2.70. The predicted molar refractivity (Wildman–Crippen MR) is 91.7 cm³/mol. The molecule has 1 saturated heterocycles. The van der Waals surface area contributed by atoms with Gasteiger partial charge in [-0.3, -0.25) is 14.5 Å². The molecule has 25 heavy (non-hydrogen) atoms. The zero-order valence-corrected chi connectivity index (χ0v) is 14.7. The summed E-state index contributed by atoms with van der Waals surface area (Å²) in [7, 11) is 1.28. The van der Waals surface area contributed by atoms with Gasteiger partial charge in [0.2, 0.25) is 0 Å². The van der Waals surface area contributed by atoms with E-state index in [1.807, 2.05) is 18.2 Å². The first-order valence-corrected chi connectivity index (χ1v) is 8.77. The smallest absolute Gasteiger partial charge is 0.354 e. The van der Waals surface area contributed by atoms with Crippen LogP contribution in [0.25, 0.3) is 0 Å². The largest absolute Gasteiger partial charge is 0.484 e. The summed E-state index contributed by atoms with van der Waals surface area (Å²) in [5.74, 6) is -0.0457. The maximum absolute atomic E-state index is 12.4. The molecule has 0 aromatic heterocycles. The van der Waals surface area contributed by atoms with Crippen LogP contribution in [-0.4, -0.2) is 53.6 Å². The molecular weight excluding hydrogens is 344 g/mol. The number of carbonyl (C=O) groups is 3. The van der Waals surface area contributed by atoms with E-state index in [0.29, 0.717) is 11.5 Å². The Morgan fingerprint density at radius 3 is 2.72 bits per heavy atom. The summed E-state index contributed by atoms with van der Waals surface area (Å²) in [4.78, 5) is 37.8. The van der Waals surface area contributed by atoms with E-state index < -0.39 is 12.0 Å². The van der Waals surface area contributed by atoms with Gasteiger partial charge in [-0.2, -0.15) is 0 Å². The summed E-state index contributed by atoms with van der Waals surface area (Å²) in [5.41, 5.74) is 1.07. The fourth-order valence-electron chi connectivity index (χ4n) is 2.74. The van der Waals surface area contributed by atoms with Crippen LogP contribution < -0.4 is 10.1 Å². The van der Waals surface area contributed by atoms with Gasteiger partial charge in [0.25, 0.3) is 11.8 Å². The van der Waals surface area contributed by atoms with Crippen LogP contribution in [0.4, 0.5) is 0 Å². The topological polar surface area (TPSA) is 84.9 Å². The number of rotatable bonds is 5. The van der Waals surface area contributed by atoms with Crippen molar-refractivity contribution in [2.24, 2.45) is 0 Å². The molecule has 2 atom stereocenters. The number of β-lactam (4-membered cyclic amide) rings is 1. The number of benzene rings is 1. The maximum Gasteiger partial charge on any atom is 0.354 e. The highest BCUT2D eigenvalue weighted by Gasteiger charge is 2.53. The van der Waals surface area contributed by atoms with Crippen LogP contribution in [0.15, 0.2) is 41.6 Å². The second-order valence-electron chi connectivity index (χ2n) is 5.68. The molecular formula is C17H18N2O5S. The Balaban J connectivity index is 1.60. The van der Waals surface area contributed by atoms with Gasteiger partial charge in [-0.25, -0.2) is 4.79 Å². The number of esters is 1. The van der Waals surface area contributed by atoms with Gasteiger partial charge in [-0.05, 0) is 24.6 Å². The molecule has 0 radical (unpaired) electrons. The van der Waals surface area contributed by atoms with Crippen molar-refractivity contribution in [1.29, 1.82) is 0 Å². The lowest BCUT2D eigenvalue weighted by Gasteiger charge is -2.49. The van der Waals surface area contributed by atoms with Crippen molar-refractivity contribution in [2.45, 2.75) is 18.3 Å². The number of para-hydroxylation sites is 1. The molecule has 2 amide bonds. The molecule has 3 rings (SSSR count). The van der Waals surface area contributed by atoms with Crippen molar-refractivity contribution in [3.05, 3.63) is 41.6 Å². The number of methoxy groups -OCH3 is 1. The average molecular weight is 362 g/mol. The van der Waals surface area contributed by atoms with Gasteiger partial charge in [-0.1, -0.05) is 18.2 Å². The second-order valence-corrected chi connectivity index (χ2v) is 6.78. The fourth-order valence-corrected chi connectivity index (χ4v) is 4.03. The van der Waals surface area contributed by atoms with Crippen molar-refractivity contribution in [2.75, 3.05) is 19.5 Å². The highest BCUT2D eigenvalue weighted by atomic mass is 32.2. The number of fused-ring (bicyclic) bond motifs is 1. The number of hydrogen-bond acceptors (Lipinski definition) is 6. The average Bonchev–Trinajstić information content (AvgIpc) is 2.64. The predicted octanol–water partition coefficient (Wildman–Crippen LogP) is 0.912. The first-order chi connectivity index (χ1) is 12.0. The third kappa shape index (κ3) is 3.34. The molecule has 8 heteroatoms. The molecule has 1 fully saturated rings. The maximum atomic E-state index is 12.4. The van der Waals surface area contributed by atoms with Crippen molar-refractivity contribution < 1.29 is 23.9 Å². The number of carbonyl (C=O) groups excluding carboxylic acids is 3.